The number of esters is 1. The molecule has 2 rings (SSSR count). The molecule has 0 atom stereocenters. The van der Waals surface area contributed by atoms with Crippen LogP contribution in [0.25, 0.3) is 0 Å². The molecule has 2 aromatic rings. The van der Waals surface area contributed by atoms with Crippen molar-refractivity contribution in [2.45, 2.75) is 6.92 Å². The molecule has 0 bridgehead atoms. The van der Waals surface area contributed by atoms with E-state index in [4.69, 9.17) is 16.3 Å². The van der Waals surface area contributed by atoms with E-state index in [-0.39, 0.29) is 11.3 Å². The largest absolute Gasteiger partial charge is 0.423 e. The summed E-state index contributed by atoms with van der Waals surface area (Å²) in [5.74, 6) is -0.740. The molecule has 0 aliphatic heterocycles. The van der Waals surface area contributed by atoms with Crippen LogP contribution in [0.15, 0.2) is 36.4 Å². The number of halogens is 1. The predicted molar refractivity (Wildman–Crippen MR) is 80.9 cm³/mol. The quantitative estimate of drug-likeness (QED) is 0.364. The average molecular weight is 337 g/mol. The third kappa shape index (κ3) is 3.80. The van der Waals surface area contributed by atoms with Gasteiger partial charge in [0.1, 0.15) is 5.75 Å². The Labute approximate surface area is 134 Å². The fraction of sp³-hybridized carbons (Fsp3) is 0.0714. The molecule has 0 aromatic heterocycles. The second-order valence-corrected chi connectivity index (χ2v) is 4.99. The van der Waals surface area contributed by atoms with Crippen LogP contribution in [0.1, 0.15) is 15.9 Å². The van der Waals surface area contributed by atoms with E-state index in [1.165, 1.54) is 12.1 Å². The average Bonchev–Trinajstić information content (AvgIpc) is 2.49. The van der Waals surface area contributed by atoms with Crippen molar-refractivity contribution in [1.29, 1.82) is 0 Å². The molecule has 8 nitrogen and oxygen atoms in total. The van der Waals surface area contributed by atoms with Crippen LogP contribution < -0.4 is 4.74 Å². The van der Waals surface area contributed by atoms with Gasteiger partial charge in [-0.05, 0) is 30.7 Å². The van der Waals surface area contributed by atoms with Crippen molar-refractivity contribution >= 4 is 28.9 Å². The highest BCUT2D eigenvalue weighted by Crippen LogP contribution is 2.26. The minimum Gasteiger partial charge on any atom is -0.423 e. The zero-order valence-electron chi connectivity index (χ0n) is 11.7. The van der Waals surface area contributed by atoms with Crippen molar-refractivity contribution in [3.8, 4) is 5.75 Å². The van der Waals surface area contributed by atoms with Gasteiger partial charge >= 0.3 is 5.97 Å². The molecule has 9 heteroatoms. The van der Waals surface area contributed by atoms with Gasteiger partial charge in [-0.15, -0.1) is 0 Å². The first kappa shape index (κ1) is 16.4. The maximum absolute atomic E-state index is 12.1. The molecule has 0 unspecified atom stereocenters. The standard InChI is InChI=1S/C14H9ClN2O6/c1-8-4-10(15)2-3-13(8)23-14(18)9-5-11(16(19)20)7-12(6-9)17(21)22/h2-7H,1H3. The number of carbonyl (C=O) groups is 1. The molecular weight excluding hydrogens is 328 g/mol. The number of aryl methyl sites for hydroxylation is 1. The predicted octanol–water partition coefficient (Wildman–Crippen LogP) is 3.68. The lowest BCUT2D eigenvalue weighted by Crippen LogP contribution is -2.10. The molecular formula is C14H9ClN2O6. The van der Waals surface area contributed by atoms with Crippen molar-refractivity contribution in [3.05, 3.63) is 72.8 Å². The molecule has 0 spiro atoms. The van der Waals surface area contributed by atoms with Crippen LogP contribution >= 0.6 is 11.6 Å². The lowest BCUT2D eigenvalue weighted by molar-refractivity contribution is -0.394. The SMILES string of the molecule is Cc1cc(Cl)ccc1OC(=O)c1cc([N+](=O)[O-])cc([N+](=O)[O-])c1. The normalized spacial score (nSPS) is 10.2. The van der Waals surface area contributed by atoms with Crippen molar-refractivity contribution in [2.75, 3.05) is 0 Å². The van der Waals surface area contributed by atoms with Crippen molar-refractivity contribution in [2.24, 2.45) is 0 Å². The van der Waals surface area contributed by atoms with Crippen molar-refractivity contribution in [1.82, 2.24) is 0 Å². The molecule has 118 valence electrons. The Morgan fingerprint density at radius 1 is 1.04 bits per heavy atom. The van der Waals surface area contributed by atoms with E-state index in [1.807, 2.05) is 0 Å². The first-order valence-corrected chi connectivity index (χ1v) is 6.58. The number of ether oxygens (including phenoxy) is 1. The Balaban J connectivity index is 2.38. The van der Waals surface area contributed by atoms with Crippen LogP contribution in [0.5, 0.6) is 5.75 Å². The van der Waals surface area contributed by atoms with Gasteiger partial charge in [0.2, 0.25) is 0 Å². The monoisotopic (exact) mass is 336 g/mol. The lowest BCUT2D eigenvalue weighted by atomic mass is 10.1. The topological polar surface area (TPSA) is 113 Å². The van der Waals surface area contributed by atoms with Gasteiger partial charge in [0, 0.05) is 17.2 Å². The van der Waals surface area contributed by atoms with Gasteiger partial charge in [-0.25, -0.2) is 4.79 Å². The van der Waals surface area contributed by atoms with Crippen LogP contribution in [-0.4, -0.2) is 15.8 Å². The third-order valence-corrected chi connectivity index (χ3v) is 3.13. The van der Waals surface area contributed by atoms with E-state index in [0.717, 1.165) is 18.2 Å². The molecule has 2 aromatic carbocycles. The number of non-ortho nitro benzene ring substituents is 2. The van der Waals surface area contributed by atoms with Crippen LogP contribution in [0, 0.1) is 27.2 Å². The minimum absolute atomic E-state index is 0.202. The van der Waals surface area contributed by atoms with E-state index in [2.05, 4.69) is 0 Å². The second-order valence-electron chi connectivity index (χ2n) is 4.55. The summed E-state index contributed by atoms with van der Waals surface area (Å²) in [6.07, 6.45) is 0. The third-order valence-electron chi connectivity index (χ3n) is 2.90. The van der Waals surface area contributed by atoms with Crippen molar-refractivity contribution in [3.63, 3.8) is 0 Å². The first-order chi connectivity index (χ1) is 10.8. The summed E-state index contributed by atoms with van der Waals surface area (Å²) < 4.78 is 5.11. The fourth-order valence-corrected chi connectivity index (χ4v) is 2.04. The Kier molecular flexibility index (Phi) is 4.56. The zero-order chi connectivity index (χ0) is 17.1. The number of nitro groups is 2. The number of nitrogens with zero attached hydrogens (tertiary/aromatic N) is 2. The van der Waals surface area contributed by atoms with Gasteiger partial charge in [-0.2, -0.15) is 0 Å². The number of rotatable bonds is 4. The second kappa shape index (κ2) is 6.41. The van der Waals surface area contributed by atoms with Crippen LogP contribution in [-0.2, 0) is 0 Å². The maximum atomic E-state index is 12.1. The molecule has 0 aliphatic rings. The van der Waals surface area contributed by atoms with E-state index < -0.39 is 27.2 Å². The summed E-state index contributed by atoms with van der Waals surface area (Å²) >= 11 is 5.79. The smallest absolute Gasteiger partial charge is 0.344 e. The maximum Gasteiger partial charge on any atom is 0.344 e. The first-order valence-electron chi connectivity index (χ1n) is 6.20. The summed E-state index contributed by atoms with van der Waals surface area (Å²) in [6, 6.07) is 7.14. The van der Waals surface area contributed by atoms with Crippen LogP contribution in [0.3, 0.4) is 0 Å². The zero-order valence-corrected chi connectivity index (χ0v) is 12.4. The highest BCUT2D eigenvalue weighted by atomic mass is 35.5. The summed E-state index contributed by atoms with van der Waals surface area (Å²) in [6.45, 7) is 1.66. The summed E-state index contributed by atoms with van der Waals surface area (Å²) in [7, 11) is 0. The Hall–Kier alpha value is -3.00. The minimum atomic E-state index is -0.942. The van der Waals surface area contributed by atoms with E-state index >= 15 is 0 Å². The fourth-order valence-electron chi connectivity index (χ4n) is 1.81. The number of hydrogen-bond donors (Lipinski definition) is 0. The molecule has 0 aliphatic carbocycles. The van der Waals surface area contributed by atoms with E-state index in [9.17, 15) is 25.0 Å². The molecule has 0 N–H and O–H groups in total. The number of nitro benzene ring substituents is 2. The van der Waals surface area contributed by atoms with Crippen LogP contribution in [0.4, 0.5) is 11.4 Å². The van der Waals surface area contributed by atoms with E-state index in [0.29, 0.717) is 10.6 Å². The number of carbonyl (C=O) groups excluding carboxylic acids is 1. The highest BCUT2D eigenvalue weighted by Gasteiger charge is 2.21. The van der Waals surface area contributed by atoms with Gasteiger partial charge in [0.05, 0.1) is 21.5 Å². The van der Waals surface area contributed by atoms with Gasteiger partial charge in [0.15, 0.2) is 0 Å². The van der Waals surface area contributed by atoms with Crippen LogP contribution in [0.2, 0.25) is 5.02 Å². The van der Waals surface area contributed by atoms with Crippen molar-refractivity contribution < 1.29 is 19.4 Å². The highest BCUT2D eigenvalue weighted by molar-refractivity contribution is 6.30. The summed E-state index contributed by atoms with van der Waals surface area (Å²) in [5.41, 5.74) is -0.857. The Bertz CT molecular complexity index is 789. The number of hydrogen-bond acceptors (Lipinski definition) is 6. The molecule has 0 saturated heterocycles. The molecule has 0 heterocycles. The molecule has 0 radical (unpaired) electrons. The lowest BCUT2D eigenvalue weighted by Gasteiger charge is -2.07. The summed E-state index contributed by atoms with van der Waals surface area (Å²) in [5, 5.41) is 22.1. The van der Waals surface area contributed by atoms with Gasteiger partial charge in [-0.1, -0.05) is 11.6 Å². The summed E-state index contributed by atoms with van der Waals surface area (Å²) in [4.78, 5) is 32.1. The van der Waals surface area contributed by atoms with E-state index in [1.54, 1.807) is 13.0 Å². The van der Waals surface area contributed by atoms with Gasteiger partial charge in [-0.3, -0.25) is 20.2 Å². The Morgan fingerprint density at radius 2 is 1.61 bits per heavy atom. The molecule has 23 heavy (non-hydrogen) atoms. The number of benzene rings is 2. The molecule has 0 fully saturated rings. The Morgan fingerprint density at radius 3 is 2.09 bits per heavy atom. The van der Waals surface area contributed by atoms with Gasteiger partial charge < -0.3 is 4.74 Å². The molecule has 0 saturated carbocycles. The van der Waals surface area contributed by atoms with Gasteiger partial charge in [0.25, 0.3) is 11.4 Å². The molecule has 0 amide bonds.